The van der Waals surface area contributed by atoms with Crippen molar-refractivity contribution >= 4 is 29.4 Å². The predicted molar refractivity (Wildman–Crippen MR) is 109 cm³/mol. The van der Waals surface area contributed by atoms with E-state index in [0.29, 0.717) is 11.1 Å². The molecule has 156 valence electrons. The van der Waals surface area contributed by atoms with Gasteiger partial charge in [0.1, 0.15) is 5.75 Å². The minimum atomic E-state index is -4.60. The molecule has 0 radical (unpaired) electrons. The van der Waals surface area contributed by atoms with Crippen molar-refractivity contribution in [3.8, 4) is 5.75 Å². The molecule has 0 heterocycles. The molecule has 0 amide bonds. The highest BCUT2D eigenvalue weighted by atomic mass is 35.5. The van der Waals surface area contributed by atoms with E-state index in [0.717, 1.165) is 29.9 Å². The lowest BCUT2D eigenvalue weighted by atomic mass is 10.0. The second kappa shape index (κ2) is 9.31. The van der Waals surface area contributed by atoms with Gasteiger partial charge in [-0.1, -0.05) is 11.6 Å². The molecule has 29 heavy (non-hydrogen) atoms. The molecule has 0 aromatic heterocycles. The molecule has 4 nitrogen and oxygen atoms in total. The molecule has 2 aromatic carbocycles. The van der Waals surface area contributed by atoms with Crippen LogP contribution >= 0.6 is 11.6 Å². The van der Waals surface area contributed by atoms with Crippen molar-refractivity contribution in [2.75, 3.05) is 20.2 Å². The lowest BCUT2D eigenvalue weighted by molar-refractivity contribution is -0.137. The maximum atomic E-state index is 12.9. The van der Waals surface area contributed by atoms with E-state index in [2.05, 4.69) is 4.99 Å². The Bertz CT molecular complexity index is 927. The SMILES string of the molecule is CCN(C)C=Nc1cc(C)c(C(=O)COc2ccc(Cl)c(C(F)(F)F)c2)cc1C. The van der Waals surface area contributed by atoms with Crippen molar-refractivity contribution < 1.29 is 22.7 Å². The summed E-state index contributed by atoms with van der Waals surface area (Å²) in [5, 5.41) is -0.424. The summed E-state index contributed by atoms with van der Waals surface area (Å²) < 4.78 is 44.1. The number of ether oxygens (including phenoxy) is 1. The average Bonchev–Trinajstić information content (AvgIpc) is 2.66. The number of aliphatic imine (C=N–C) groups is 1. The summed E-state index contributed by atoms with van der Waals surface area (Å²) in [4.78, 5) is 18.9. The molecule has 0 aliphatic carbocycles. The molecule has 2 rings (SSSR count). The van der Waals surface area contributed by atoms with Crippen molar-refractivity contribution in [2.45, 2.75) is 26.9 Å². The standard InChI is InChI=1S/C21H22ClF3N2O2/c1-5-27(4)12-26-19-9-13(2)16(8-14(19)3)20(28)11-29-15-6-7-18(22)17(10-15)21(23,24)25/h6-10,12H,5,11H2,1-4H3. The maximum Gasteiger partial charge on any atom is 0.417 e. The van der Waals surface area contributed by atoms with Gasteiger partial charge in [-0.3, -0.25) is 4.79 Å². The molecular formula is C21H22ClF3N2O2. The van der Waals surface area contributed by atoms with E-state index < -0.39 is 16.8 Å². The average molecular weight is 427 g/mol. The molecule has 2 aromatic rings. The third-order valence-corrected chi connectivity index (χ3v) is 4.68. The zero-order valence-corrected chi connectivity index (χ0v) is 17.4. The van der Waals surface area contributed by atoms with Crippen LogP contribution in [-0.2, 0) is 6.18 Å². The molecule has 0 saturated carbocycles. The predicted octanol–water partition coefficient (Wildman–Crippen LogP) is 5.85. The lowest BCUT2D eigenvalue weighted by Gasteiger charge is -2.13. The smallest absolute Gasteiger partial charge is 0.417 e. The van der Waals surface area contributed by atoms with Gasteiger partial charge in [-0.05, 0) is 62.2 Å². The minimum Gasteiger partial charge on any atom is -0.485 e. The summed E-state index contributed by atoms with van der Waals surface area (Å²) in [6, 6.07) is 6.69. The fraction of sp³-hybridized carbons (Fsp3) is 0.333. The van der Waals surface area contributed by atoms with Gasteiger partial charge >= 0.3 is 6.18 Å². The Kier molecular flexibility index (Phi) is 7.30. The summed E-state index contributed by atoms with van der Waals surface area (Å²) in [5.74, 6) is -0.413. The van der Waals surface area contributed by atoms with E-state index in [-0.39, 0.29) is 18.1 Å². The highest BCUT2D eigenvalue weighted by molar-refractivity contribution is 6.31. The van der Waals surface area contributed by atoms with Crippen LogP contribution in [0.15, 0.2) is 35.3 Å². The Hall–Kier alpha value is -2.54. The minimum absolute atomic E-state index is 0.0757. The summed E-state index contributed by atoms with van der Waals surface area (Å²) in [6.07, 6.45) is -2.89. The number of halogens is 4. The zero-order chi connectivity index (χ0) is 21.8. The maximum absolute atomic E-state index is 12.9. The Morgan fingerprint density at radius 3 is 2.52 bits per heavy atom. The van der Waals surface area contributed by atoms with Gasteiger partial charge in [0.15, 0.2) is 12.4 Å². The highest BCUT2D eigenvalue weighted by Crippen LogP contribution is 2.36. The Balaban J connectivity index is 2.16. The van der Waals surface area contributed by atoms with Crippen LogP contribution in [0.1, 0.15) is 34.0 Å². The molecule has 0 aliphatic heterocycles. The molecule has 0 aliphatic rings. The van der Waals surface area contributed by atoms with E-state index in [1.54, 1.807) is 25.4 Å². The van der Waals surface area contributed by atoms with Crippen molar-refractivity contribution in [1.82, 2.24) is 4.90 Å². The molecular weight excluding hydrogens is 405 g/mol. The van der Waals surface area contributed by atoms with Gasteiger partial charge in [0.25, 0.3) is 0 Å². The number of hydrogen-bond donors (Lipinski definition) is 0. The monoisotopic (exact) mass is 426 g/mol. The molecule has 0 spiro atoms. The lowest BCUT2D eigenvalue weighted by Crippen LogP contribution is -2.15. The van der Waals surface area contributed by atoms with Crippen LogP contribution < -0.4 is 4.74 Å². The van der Waals surface area contributed by atoms with Gasteiger partial charge in [-0.25, -0.2) is 4.99 Å². The fourth-order valence-electron chi connectivity index (χ4n) is 2.52. The van der Waals surface area contributed by atoms with Gasteiger partial charge in [0, 0.05) is 19.2 Å². The molecule has 8 heteroatoms. The molecule has 0 atom stereocenters. The third-order valence-electron chi connectivity index (χ3n) is 4.35. The number of benzene rings is 2. The second-order valence-electron chi connectivity index (χ2n) is 6.62. The first kappa shape index (κ1) is 22.7. The number of Topliss-reactive ketones (excluding diaryl/α,β-unsaturated/α-hetero) is 1. The largest absolute Gasteiger partial charge is 0.485 e. The van der Waals surface area contributed by atoms with Crippen molar-refractivity contribution in [1.29, 1.82) is 0 Å². The molecule has 0 N–H and O–H groups in total. The van der Waals surface area contributed by atoms with E-state index in [1.165, 1.54) is 6.07 Å². The third kappa shape index (κ3) is 5.97. The highest BCUT2D eigenvalue weighted by Gasteiger charge is 2.33. The van der Waals surface area contributed by atoms with Crippen LogP contribution in [0.2, 0.25) is 5.02 Å². The van der Waals surface area contributed by atoms with E-state index in [9.17, 15) is 18.0 Å². The van der Waals surface area contributed by atoms with E-state index >= 15 is 0 Å². The first-order chi connectivity index (χ1) is 13.5. The first-order valence-corrected chi connectivity index (χ1v) is 9.29. The van der Waals surface area contributed by atoms with Gasteiger partial charge in [-0.2, -0.15) is 13.2 Å². The number of nitrogens with zero attached hydrogens (tertiary/aromatic N) is 2. The summed E-state index contributed by atoms with van der Waals surface area (Å²) in [5.41, 5.74) is 1.70. The molecule has 0 bridgehead atoms. The molecule has 0 saturated heterocycles. The number of carbonyl (C=O) groups excluding carboxylic acids is 1. The van der Waals surface area contributed by atoms with Gasteiger partial charge in [0.2, 0.25) is 0 Å². The number of aryl methyl sites for hydroxylation is 2. The number of rotatable bonds is 7. The Morgan fingerprint density at radius 2 is 1.90 bits per heavy atom. The van der Waals surface area contributed by atoms with Crippen LogP contribution in [0.3, 0.4) is 0 Å². The van der Waals surface area contributed by atoms with Gasteiger partial charge in [-0.15, -0.1) is 0 Å². The first-order valence-electron chi connectivity index (χ1n) is 8.91. The van der Waals surface area contributed by atoms with Crippen molar-refractivity contribution in [2.24, 2.45) is 4.99 Å². The van der Waals surface area contributed by atoms with E-state index in [4.69, 9.17) is 16.3 Å². The van der Waals surface area contributed by atoms with Crippen molar-refractivity contribution in [3.05, 3.63) is 57.6 Å². The van der Waals surface area contributed by atoms with Crippen LogP contribution in [0.25, 0.3) is 0 Å². The summed E-state index contributed by atoms with van der Waals surface area (Å²) in [7, 11) is 1.90. The molecule has 0 unspecified atom stereocenters. The van der Waals surface area contributed by atoms with Gasteiger partial charge in [0.05, 0.1) is 22.6 Å². The Morgan fingerprint density at radius 1 is 1.21 bits per heavy atom. The molecule has 0 fully saturated rings. The Labute approximate surface area is 173 Å². The number of ketones is 1. The zero-order valence-electron chi connectivity index (χ0n) is 16.6. The second-order valence-corrected chi connectivity index (χ2v) is 7.03. The number of alkyl halides is 3. The van der Waals surface area contributed by atoms with Crippen LogP contribution in [0.5, 0.6) is 5.75 Å². The van der Waals surface area contributed by atoms with Gasteiger partial charge < -0.3 is 9.64 Å². The fourth-order valence-corrected chi connectivity index (χ4v) is 2.75. The summed E-state index contributed by atoms with van der Waals surface area (Å²) in [6.45, 7) is 6.05. The summed E-state index contributed by atoms with van der Waals surface area (Å²) >= 11 is 5.59. The number of hydrogen-bond acceptors (Lipinski definition) is 3. The van der Waals surface area contributed by atoms with Crippen LogP contribution in [0.4, 0.5) is 18.9 Å². The quantitative estimate of drug-likeness (QED) is 0.317. The van der Waals surface area contributed by atoms with Crippen molar-refractivity contribution in [3.63, 3.8) is 0 Å². The van der Waals surface area contributed by atoms with Crippen LogP contribution in [0, 0.1) is 13.8 Å². The van der Waals surface area contributed by atoms with Crippen LogP contribution in [-0.4, -0.2) is 37.2 Å². The number of carbonyl (C=O) groups is 1. The normalized spacial score (nSPS) is 11.7. The van der Waals surface area contributed by atoms with E-state index in [1.807, 2.05) is 25.8 Å². The topological polar surface area (TPSA) is 41.9 Å².